The Bertz CT molecular complexity index is 843. The van der Waals surface area contributed by atoms with Gasteiger partial charge in [0, 0.05) is 6.54 Å². The number of nitrogens with zero attached hydrogens (tertiary/aromatic N) is 6. The number of hydrogen-bond acceptors (Lipinski definition) is 9. The lowest BCUT2D eigenvalue weighted by atomic mass is 10.4. The smallest absolute Gasteiger partial charge is 0.309 e. The molecule has 3 aromatic heterocycles. The molecule has 3 aromatic rings. The van der Waals surface area contributed by atoms with Crippen LogP contribution in [0.3, 0.4) is 0 Å². The maximum atomic E-state index is 10.8. The van der Waals surface area contributed by atoms with E-state index in [2.05, 4.69) is 24.6 Å². The summed E-state index contributed by atoms with van der Waals surface area (Å²) in [5.74, 6) is 0.822. The van der Waals surface area contributed by atoms with Crippen LogP contribution < -0.4 is 0 Å². The molecule has 0 aliphatic heterocycles. The number of rotatable bonds is 8. The Morgan fingerprint density at radius 2 is 2.24 bits per heavy atom. The van der Waals surface area contributed by atoms with Gasteiger partial charge in [-0.25, -0.2) is 4.98 Å². The summed E-state index contributed by atoms with van der Waals surface area (Å²) in [7, 11) is 4.08. The zero-order valence-corrected chi connectivity index (χ0v) is 16.1. The second kappa shape index (κ2) is 8.04. The summed E-state index contributed by atoms with van der Waals surface area (Å²) in [6.07, 6.45) is 2.23. The highest BCUT2D eigenvalue weighted by atomic mass is 32.2. The first kappa shape index (κ1) is 18.0. The quantitative estimate of drug-likeness (QED) is 0.425. The van der Waals surface area contributed by atoms with Gasteiger partial charge in [-0.05, 0) is 61.6 Å². The van der Waals surface area contributed by atoms with Gasteiger partial charge >= 0.3 is 5.00 Å². The van der Waals surface area contributed by atoms with Crippen molar-refractivity contribution in [3.63, 3.8) is 0 Å². The second-order valence-electron chi connectivity index (χ2n) is 5.42. The van der Waals surface area contributed by atoms with E-state index in [-0.39, 0.29) is 5.00 Å². The first-order valence-electron chi connectivity index (χ1n) is 7.44. The van der Waals surface area contributed by atoms with Gasteiger partial charge in [0.25, 0.3) is 0 Å². The third-order valence-corrected chi connectivity index (χ3v) is 6.15. The van der Waals surface area contributed by atoms with Crippen LogP contribution in [0.15, 0.2) is 33.2 Å². The fourth-order valence-electron chi connectivity index (χ4n) is 2.16. The molecule has 0 bridgehead atoms. The predicted octanol–water partition coefficient (Wildman–Crippen LogP) is 3.47. The van der Waals surface area contributed by atoms with Crippen molar-refractivity contribution in [2.75, 3.05) is 20.6 Å². The van der Waals surface area contributed by atoms with Gasteiger partial charge in [-0.2, -0.15) is 0 Å². The average Bonchev–Trinajstić information content (AvgIpc) is 3.28. The third kappa shape index (κ3) is 4.42. The molecular weight excluding hydrogens is 380 g/mol. The molecule has 3 heterocycles. The molecule has 11 heteroatoms. The third-order valence-electron chi connectivity index (χ3n) is 3.28. The van der Waals surface area contributed by atoms with Gasteiger partial charge in [0.1, 0.15) is 6.20 Å². The van der Waals surface area contributed by atoms with E-state index in [1.165, 1.54) is 18.0 Å². The van der Waals surface area contributed by atoms with Gasteiger partial charge in [-0.3, -0.25) is 10.1 Å². The van der Waals surface area contributed by atoms with Crippen LogP contribution in [0.1, 0.15) is 6.42 Å². The van der Waals surface area contributed by atoms with Gasteiger partial charge < -0.3 is 9.47 Å². The first-order valence-corrected chi connectivity index (χ1v) is 9.95. The van der Waals surface area contributed by atoms with Crippen LogP contribution in [-0.2, 0) is 6.54 Å². The standard InChI is InChI=1S/C14H16N6O2S3/c1-18(2)6-4-7-19-12(10-5-3-8-23-10)16-17-13(19)25-14-15-9-11(24-14)20(21)22/h3,5,8-9H,4,6-7H2,1-2H3. The minimum absolute atomic E-state index is 0.0275. The largest absolute Gasteiger partial charge is 0.344 e. The fourth-order valence-corrected chi connectivity index (χ4v) is 4.62. The van der Waals surface area contributed by atoms with Gasteiger partial charge in [0.15, 0.2) is 15.3 Å². The highest BCUT2D eigenvalue weighted by molar-refractivity contribution is 8.00. The zero-order valence-electron chi connectivity index (χ0n) is 13.7. The lowest BCUT2D eigenvalue weighted by Gasteiger charge is -2.12. The van der Waals surface area contributed by atoms with E-state index >= 15 is 0 Å². The number of aromatic nitrogens is 4. The van der Waals surface area contributed by atoms with Gasteiger partial charge in [0.05, 0.1) is 9.80 Å². The second-order valence-corrected chi connectivity index (χ2v) is 8.59. The Hall–Kier alpha value is -1.82. The SMILES string of the molecule is CN(C)CCCn1c(Sc2ncc([N+](=O)[O-])s2)nnc1-c1cccs1. The molecule has 0 radical (unpaired) electrons. The van der Waals surface area contributed by atoms with Crippen molar-refractivity contribution < 1.29 is 4.92 Å². The molecule has 0 N–H and O–H groups in total. The van der Waals surface area contributed by atoms with E-state index < -0.39 is 4.92 Å². The summed E-state index contributed by atoms with van der Waals surface area (Å²) >= 11 is 3.97. The van der Waals surface area contributed by atoms with E-state index in [1.54, 1.807) is 11.3 Å². The normalized spacial score (nSPS) is 11.3. The number of thiophene rings is 1. The highest BCUT2D eigenvalue weighted by Gasteiger charge is 2.19. The van der Waals surface area contributed by atoms with Crippen molar-refractivity contribution in [2.24, 2.45) is 0 Å². The van der Waals surface area contributed by atoms with Crippen LogP contribution in [0.5, 0.6) is 0 Å². The zero-order chi connectivity index (χ0) is 17.8. The van der Waals surface area contributed by atoms with Crippen molar-refractivity contribution in [1.82, 2.24) is 24.6 Å². The summed E-state index contributed by atoms with van der Waals surface area (Å²) in [6, 6.07) is 4.00. The number of hydrogen-bond donors (Lipinski definition) is 0. The summed E-state index contributed by atoms with van der Waals surface area (Å²) < 4.78 is 2.65. The molecule has 0 fully saturated rings. The molecule has 0 aromatic carbocycles. The lowest BCUT2D eigenvalue weighted by Crippen LogP contribution is -2.15. The van der Waals surface area contributed by atoms with Crippen LogP contribution in [0.2, 0.25) is 0 Å². The van der Waals surface area contributed by atoms with Crippen LogP contribution in [0.4, 0.5) is 5.00 Å². The van der Waals surface area contributed by atoms with Crippen molar-refractivity contribution in [2.45, 2.75) is 22.5 Å². The van der Waals surface area contributed by atoms with Gasteiger partial charge in [-0.15, -0.1) is 21.5 Å². The molecule has 8 nitrogen and oxygen atoms in total. The van der Waals surface area contributed by atoms with E-state index in [4.69, 9.17) is 0 Å². The Morgan fingerprint density at radius 3 is 2.88 bits per heavy atom. The molecular formula is C14H16N6O2S3. The number of nitro groups is 1. The van der Waals surface area contributed by atoms with Crippen LogP contribution in [-0.4, -0.2) is 50.2 Å². The molecule has 3 rings (SSSR count). The molecule has 0 spiro atoms. The van der Waals surface area contributed by atoms with Crippen molar-refractivity contribution in [3.05, 3.63) is 33.8 Å². The van der Waals surface area contributed by atoms with E-state index in [0.29, 0.717) is 9.50 Å². The maximum absolute atomic E-state index is 10.8. The van der Waals surface area contributed by atoms with E-state index in [9.17, 15) is 10.1 Å². The Balaban J connectivity index is 1.85. The molecule has 0 atom stereocenters. The first-order chi connectivity index (χ1) is 12.0. The van der Waals surface area contributed by atoms with Crippen molar-refractivity contribution in [3.8, 4) is 10.7 Å². The van der Waals surface area contributed by atoms with E-state index in [1.807, 2.05) is 31.6 Å². The lowest BCUT2D eigenvalue weighted by molar-refractivity contribution is -0.380. The number of thiazole rings is 1. The van der Waals surface area contributed by atoms with Crippen LogP contribution in [0, 0.1) is 10.1 Å². The van der Waals surface area contributed by atoms with Crippen LogP contribution in [0.25, 0.3) is 10.7 Å². The summed E-state index contributed by atoms with van der Waals surface area (Å²) in [5.41, 5.74) is 0. The van der Waals surface area contributed by atoms with Crippen LogP contribution >= 0.6 is 34.4 Å². The molecule has 0 aliphatic rings. The van der Waals surface area contributed by atoms with Gasteiger partial charge in [-0.1, -0.05) is 6.07 Å². The topological polar surface area (TPSA) is 90.0 Å². The van der Waals surface area contributed by atoms with E-state index in [0.717, 1.165) is 41.5 Å². The maximum Gasteiger partial charge on any atom is 0.344 e. The minimum atomic E-state index is -0.430. The molecule has 132 valence electrons. The molecule has 0 amide bonds. The Labute approximate surface area is 156 Å². The fraction of sp³-hybridized carbons (Fsp3) is 0.357. The molecule has 0 saturated carbocycles. The summed E-state index contributed by atoms with van der Waals surface area (Å²) in [5, 5.41) is 22.2. The minimum Gasteiger partial charge on any atom is -0.309 e. The monoisotopic (exact) mass is 396 g/mol. The molecule has 25 heavy (non-hydrogen) atoms. The van der Waals surface area contributed by atoms with Gasteiger partial charge in [0.2, 0.25) is 0 Å². The molecule has 0 unspecified atom stereocenters. The molecule has 0 saturated heterocycles. The Morgan fingerprint density at radius 1 is 1.40 bits per heavy atom. The molecule has 0 aliphatic carbocycles. The predicted molar refractivity (Wildman–Crippen MR) is 99.4 cm³/mol. The Kier molecular flexibility index (Phi) is 5.78. The highest BCUT2D eigenvalue weighted by Crippen LogP contribution is 2.35. The average molecular weight is 397 g/mol. The summed E-state index contributed by atoms with van der Waals surface area (Å²) in [6.45, 7) is 1.73. The van der Waals surface area contributed by atoms with Crippen molar-refractivity contribution in [1.29, 1.82) is 0 Å². The van der Waals surface area contributed by atoms with Crippen molar-refractivity contribution >= 4 is 39.4 Å². The summed E-state index contributed by atoms with van der Waals surface area (Å²) in [4.78, 5) is 17.7.